The SMILES string of the molecule is CCCCCCC(C)NC1CCC(C)C1C. The molecule has 0 heterocycles. The second-order valence-electron chi connectivity index (χ2n) is 5.94. The monoisotopic (exact) mass is 225 g/mol. The van der Waals surface area contributed by atoms with E-state index in [2.05, 4.69) is 33.0 Å². The Morgan fingerprint density at radius 3 is 2.44 bits per heavy atom. The molecule has 0 amide bonds. The molecule has 1 heteroatoms. The Kier molecular flexibility index (Phi) is 6.41. The summed E-state index contributed by atoms with van der Waals surface area (Å²) in [6.07, 6.45) is 9.74. The van der Waals surface area contributed by atoms with Gasteiger partial charge in [-0.05, 0) is 38.0 Å². The molecular formula is C15H31N. The fourth-order valence-corrected chi connectivity index (χ4v) is 2.93. The van der Waals surface area contributed by atoms with Crippen LogP contribution in [0.15, 0.2) is 0 Å². The van der Waals surface area contributed by atoms with Gasteiger partial charge in [-0.1, -0.05) is 46.5 Å². The molecule has 0 aromatic carbocycles. The summed E-state index contributed by atoms with van der Waals surface area (Å²) in [5, 5.41) is 3.84. The van der Waals surface area contributed by atoms with Crippen LogP contribution in [-0.4, -0.2) is 12.1 Å². The van der Waals surface area contributed by atoms with Crippen molar-refractivity contribution >= 4 is 0 Å². The van der Waals surface area contributed by atoms with Crippen molar-refractivity contribution in [3.63, 3.8) is 0 Å². The highest BCUT2D eigenvalue weighted by molar-refractivity contribution is 4.86. The highest BCUT2D eigenvalue weighted by Gasteiger charge is 2.29. The summed E-state index contributed by atoms with van der Waals surface area (Å²) in [5.74, 6) is 1.79. The van der Waals surface area contributed by atoms with Crippen LogP contribution in [0.2, 0.25) is 0 Å². The van der Waals surface area contributed by atoms with Gasteiger partial charge in [0.15, 0.2) is 0 Å². The van der Waals surface area contributed by atoms with Crippen LogP contribution in [-0.2, 0) is 0 Å². The Morgan fingerprint density at radius 1 is 1.12 bits per heavy atom. The lowest BCUT2D eigenvalue weighted by Crippen LogP contribution is -2.38. The zero-order valence-electron chi connectivity index (χ0n) is 11.8. The summed E-state index contributed by atoms with van der Waals surface area (Å²) in [4.78, 5) is 0. The van der Waals surface area contributed by atoms with Crippen LogP contribution >= 0.6 is 0 Å². The molecule has 1 N–H and O–H groups in total. The minimum absolute atomic E-state index is 0.717. The van der Waals surface area contributed by atoms with Crippen LogP contribution in [0.4, 0.5) is 0 Å². The molecular weight excluding hydrogens is 194 g/mol. The van der Waals surface area contributed by atoms with Gasteiger partial charge in [0.25, 0.3) is 0 Å². The molecule has 1 nitrogen and oxygen atoms in total. The van der Waals surface area contributed by atoms with Gasteiger partial charge in [-0.2, -0.15) is 0 Å². The maximum absolute atomic E-state index is 3.84. The van der Waals surface area contributed by atoms with Crippen molar-refractivity contribution < 1.29 is 0 Å². The third-order valence-corrected chi connectivity index (χ3v) is 4.45. The molecule has 96 valence electrons. The van der Waals surface area contributed by atoms with Gasteiger partial charge in [-0.3, -0.25) is 0 Å². The van der Waals surface area contributed by atoms with Crippen molar-refractivity contribution in [3.05, 3.63) is 0 Å². The molecule has 0 spiro atoms. The van der Waals surface area contributed by atoms with Crippen molar-refractivity contribution in [1.29, 1.82) is 0 Å². The van der Waals surface area contributed by atoms with E-state index in [4.69, 9.17) is 0 Å². The molecule has 1 rings (SSSR count). The molecule has 0 saturated heterocycles. The van der Waals surface area contributed by atoms with Crippen LogP contribution in [0.25, 0.3) is 0 Å². The Morgan fingerprint density at radius 2 is 1.88 bits per heavy atom. The van der Waals surface area contributed by atoms with Crippen molar-refractivity contribution in [3.8, 4) is 0 Å². The molecule has 0 aromatic heterocycles. The van der Waals surface area contributed by atoms with Gasteiger partial charge in [-0.25, -0.2) is 0 Å². The lowest BCUT2D eigenvalue weighted by atomic mass is 9.97. The van der Waals surface area contributed by atoms with E-state index < -0.39 is 0 Å². The molecule has 1 aliphatic carbocycles. The average Bonchev–Trinajstić information content (AvgIpc) is 2.56. The molecule has 0 bridgehead atoms. The molecule has 16 heavy (non-hydrogen) atoms. The minimum atomic E-state index is 0.717. The summed E-state index contributed by atoms with van der Waals surface area (Å²) in [6, 6.07) is 1.51. The first kappa shape index (κ1) is 14.0. The standard InChI is InChI=1S/C15H31N/c1-5-6-7-8-9-13(3)16-15-11-10-12(2)14(15)4/h12-16H,5-11H2,1-4H3. The van der Waals surface area contributed by atoms with Crippen LogP contribution < -0.4 is 5.32 Å². The summed E-state index contributed by atoms with van der Waals surface area (Å²) in [7, 11) is 0. The van der Waals surface area contributed by atoms with Gasteiger partial charge < -0.3 is 5.32 Å². The predicted octanol–water partition coefficient (Wildman–Crippen LogP) is 4.37. The van der Waals surface area contributed by atoms with E-state index in [1.54, 1.807) is 0 Å². The summed E-state index contributed by atoms with van der Waals surface area (Å²) < 4.78 is 0. The van der Waals surface area contributed by atoms with Gasteiger partial charge in [0, 0.05) is 12.1 Å². The maximum Gasteiger partial charge on any atom is 0.00978 e. The maximum atomic E-state index is 3.84. The summed E-state index contributed by atoms with van der Waals surface area (Å²) >= 11 is 0. The quantitative estimate of drug-likeness (QED) is 0.634. The largest absolute Gasteiger partial charge is 0.311 e. The molecule has 1 aliphatic rings. The van der Waals surface area contributed by atoms with Crippen molar-refractivity contribution in [2.45, 2.75) is 84.7 Å². The normalized spacial score (nSPS) is 31.9. The van der Waals surface area contributed by atoms with E-state index in [0.29, 0.717) is 0 Å². The Bertz CT molecular complexity index is 178. The fourth-order valence-electron chi connectivity index (χ4n) is 2.93. The van der Waals surface area contributed by atoms with Crippen molar-refractivity contribution in [2.75, 3.05) is 0 Å². The Hall–Kier alpha value is -0.0400. The zero-order chi connectivity index (χ0) is 12.0. The number of nitrogens with one attached hydrogen (secondary N) is 1. The topological polar surface area (TPSA) is 12.0 Å². The number of hydrogen-bond acceptors (Lipinski definition) is 1. The second kappa shape index (κ2) is 7.32. The van der Waals surface area contributed by atoms with Gasteiger partial charge in [-0.15, -0.1) is 0 Å². The van der Waals surface area contributed by atoms with E-state index in [1.807, 2.05) is 0 Å². The first-order chi connectivity index (χ1) is 7.65. The molecule has 4 unspecified atom stereocenters. The van der Waals surface area contributed by atoms with Gasteiger partial charge in [0.1, 0.15) is 0 Å². The van der Waals surface area contributed by atoms with E-state index in [-0.39, 0.29) is 0 Å². The van der Waals surface area contributed by atoms with E-state index in [1.165, 1.54) is 44.9 Å². The molecule has 1 fully saturated rings. The van der Waals surface area contributed by atoms with Crippen molar-refractivity contribution in [1.82, 2.24) is 5.32 Å². The number of rotatable bonds is 7. The highest BCUT2D eigenvalue weighted by Crippen LogP contribution is 2.31. The van der Waals surface area contributed by atoms with Crippen LogP contribution in [0.5, 0.6) is 0 Å². The van der Waals surface area contributed by atoms with E-state index in [9.17, 15) is 0 Å². The van der Waals surface area contributed by atoms with E-state index in [0.717, 1.165) is 23.9 Å². The predicted molar refractivity (Wildman–Crippen MR) is 72.7 cm³/mol. The third-order valence-electron chi connectivity index (χ3n) is 4.45. The zero-order valence-corrected chi connectivity index (χ0v) is 11.8. The fraction of sp³-hybridized carbons (Fsp3) is 1.00. The molecule has 0 radical (unpaired) electrons. The number of hydrogen-bond donors (Lipinski definition) is 1. The second-order valence-corrected chi connectivity index (χ2v) is 5.94. The Balaban J connectivity index is 2.11. The molecule has 4 atom stereocenters. The third kappa shape index (κ3) is 4.45. The van der Waals surface area contributed by atoms with Gasteiger partial charge >= 0.3 is 0 Å². The Labute approximate surface area is 102 Å². The first-order valence-electron chi connectivity index (χ1n) is 7.41. The lowest BCUT2D eigenvalue weighted by Gasteiger charge is -2.24. The van der Waals surface area contributed by atoms with E-state index >= 15 is 0 Å². The first-order valence-corrected chi connectivity index (χ1v) is 7.41. The summed E-state index contributed by atoms with van der Waals surface area (Å²) in [5.41, 5.74) is 0. The number of unbranched alkanes of at least 4 members (excludes halogenated alkanes) is 3. The lowest BCUT2D eigenvalue weighted by molar-refractivity contribution is 0.333. The molecule has 0 aromatic rings. The van der Waals surface area contributed by atoms with Crippen LogP contribution in [0.3, 0.4) is 0 Å². The van der Waals surface area contributed by atoms with Gasteiger partial charge in [0.2, 0.25) is 0 Å². The highest BCUT2D eigenvalue weighted by atomic mass is 15.0. The van der Waals surface area contributed by atoms with Crippen LogP contribution in [0, 0.1) is 11.8 Å². The van der Waals surface area contributed by atoms with Crippen molar-refractivity contribution in [2.24, 2.45) is 11.8 Å². The van der Waals surface area contributed by atoms with Crippen LogP contribution in [0.1, 0.15) is 72.6 Å². The molecule has 1 saturated carbocycles. The smallest absolute Gasteiger partial charge is 0.00978 e. The van der Waals surface area contributed by atoms with Gasteiger partial charge in [0.05, 0.1) is 0 Å². The molecule has 0 aliphatic heterocycles. The minimum Gasteiger partial charge on any atom is -0.311 e. The summed E-state index contributed by atoms with van der Waals surface area (Å²) in [6.45, 7) is 9.46. The average molecular weight is 225 g/mol.